The van der Waals surface area contributed by atoms with Crippen LogP contribution >= 0.6 is 0 Å². The smallest absolute Gasteiger partial charge is 0.0225 e. The highest BCUT2D eigenvalue weighted by Gasteiger charge is 2.03. The van der Waals surface area contributed by atoms with Crippen molar-refractivity contribution in [2.24, 2.45) is 0 Å². The third-order valence-electron chi connectivity index (χ3n) is 3.44. The van der Waals surface area contributed by atoms with E-state index in [0.29, 0.717) is 6.04 Å². The van der Waals surface area contributed by atoms with Crippen molar-refractivity contribution in [3.8, 4) is 0 Å². The molecule has 1 rings (SSSR count). The van der Waals surface area contributed by atoms with Crippen LogP contribution in [0.1, 0.15) is 38.1 Å². The summed E-state index contributed by atoms with van der Waals surface area (Å²) < 4.78 is 2.41. The molecule has 2 nitrogen and oxygen atoms in total. The maximum absolute atomic E-state index is 2.41. The lowest BCUT2D eigenvalue weighted by Crippen LogP contribution is -2.27. The standard InChI is InChI=1S/C14H26N2/c1-12(2)15(5)10-6-7-11-16-13(3)8-9-14(16)4/h8-9,12H,6-7,10-11H2,1-5H3. The highest BCUT2D eigenvalue weighted by molar-refractivity contribution is 5.13. The SMILES string of the molecule is Cc1ccc(C)n1CCCCN(C)C(C)C. The van der Waals surface area contributed by atoms with Crippen molar-refractivity contribution in [3.05, 3.63) is 23.5 Å². The zero-order valence-corrected chi connectivity index (χ0v) is 11.5. The first-order valence-electron chi connectivity index (χ1n) is 6.35. The van der Waals surface area contributed by atoms with Gasteiger partial charge in [-0.2, -0.15) is 0 Å². The molecule has 2 heteroatoms. The van der Waals surface area contributed by atoms with E-state index < -0.39 is 0 Å². The first-order chi connectivity index (χ1) is 7.52. The quantitative estimate of drug-likeness (QED) is 0.671. The molecule has 0 aliphatic rings. The Hall–Kier alpha value is -0.760. The molecule has 1 aromatic rings. The Balaban J connectivity index is 2.26. The highest BCUT2D eigenvalue weighted by atomic mass is 15.1. The summed E-state index contributed by atoms with van der Waals surface area (Å²) in [5, 5.41) is 0. The van der Waals surface area contributed by atoms with Gasteiger partial charge in [0.2, 0.25) is 0 Å². The van der Waals surface area contributed by atoms with Crippen molar-refractivity contribution in [1.29, 1.82) is 0 Å². The first-order valence-corrected chi connectivity index (χ1v) is 6.35. The molecular weight excluding hydrogens is 196 g/mol. The van der Waals surface area contributed by atoms with Crippen LogP contribution in [0.4, 0.5) is 0 Å². The number of nitrogens with zero attached hydrogens (tertiary/aromatic N) is 2. The Labute approximate surface area is 100 Å². The van der Waals surface area contributed by atoms with Gasteiger partial charge in [-0.05, 0) is 66.3 Å². The van der Waals surface area contributed by atoms with Crippen molar-refractivity contribution in [1.82, 2.24) is 9.47 Å². The van der Waals surface area contributed by atoms with E-state index >= 15 is 0 Å². The Morgan fingerprint density at radius 2 is 1.69 bits per heavy atom. The lowest BCUT2D eigenvalue weighted by molar-refractivity contribution is 0.266. The minimum atomic E-state index is 0.662. The van der Waals surface area contributed by atoms with Crippen LogP contribution in [-0.2, 0) is 6.54 Å². The van der Waals surface area contributed by atoms with Crippen LogP contribution in [0.3, 0.4) is 0 Å². The number of hydrogen-bond donors (Lipinski definition) is 0. The fraction of sp³-hybridized carbons (Fsp3) is 0.714. The fourth-order valence-corrected chi connectivity index (χ4v) is 1.94. The number of aromatic nitrogens is 1. The second-order valence-electron chi connectivity index (χ2n) is 5.05. The summed E-state index contributed by atoms with van der Waals surface area (Å²) in [6.45, 7) is 11.2. The van der Waals surface area contributed by atoms with Crippen LogP contribution in [0.25, 0.3) is 0 Å². The average molecular weight is 222 g/mol. The van der Waals surface area contributed by atoms with Crippen LogP contribution < -0.4 is 0 Å². The molecule has 0 N–H and O–H groups in total. The normalized spacial score (nSPS) is 11.7. The molecule has 0 fully saturated rings. The fourth-order valence-electron chi connectivity index (χ4n) is 1.94. The highest BCUT2D eigenvalue weighted by Crippen LogP contribution is 2.09. The molecule has 16 heavy (non-hydrogen) atoms. The maximum atomic E-state index is 2.41. The summed E-state index contributed by atoms with van der Waals surface area (Å²) >= 11 is 0. The van der Waals surface area contributed by atoms with E-state index in [2.05, 4.69) is 56.3 Å². The average Bonchev–Trinajstić information content (AvgIpc) is 2.54. The van der Waals surface area contributed by atoms with Crippen molar-refractivity contribution >= 4 is 0 Å². The van der Waals surface area contributed by atoms with Crippen LogP contribution in [-0.4, -0.2) is 29.1 Å². The van der Waals surface area contributed by atoms with Gasteiger partial charge < -0.3 is 9.47 Å². The molecule has 1 heterocycles. The van der Waals surface area contributed by atoms with E-state index in [1.165, 1.54) is 30.8 Å². The van der Waals surface area contributed by atoms with E-state index in [1.54, 1.807) is 0 Å². The van der Waals surface area contributed by atoms with Gasteiger partial charge in [-0.1, -0.05) is 0 Å². The number of hydrogen-bond acceptors (Lipinski definition) is 1. The predicted octanol–water partition coefficient (Wildman–Crippen LogP) is 3.23. The largest absolute Gasteiger partial charge is 0.349 e. The third-order valence-corrected chi connectivity index (χ3v) is 3.44. The third kappa shape index (κ3) is 3.67. The minimum Gasteiger partial charge on any atom is -0.349 e. The Bertz CT molecular complexity index is 293. The van der Waals surface area contributed by atoms with Gasteiger partial charge in [0.15, 0.2) is 0 Å². The molecule has 0 amide bonds. The van der Waals surface area contributed by atoms with Crippen molar-refractivity contribution in [2.45, 2.75) is 53.1 Å². The van der Waals surface area contributed by atoms with E-state index in [0.717, 1.165) is 6.54 Å². The second-order valence-corrected chi connectivity index (χ2v) is 5.05. The summed E-state index contributed by atoms with van der Waals surface area (Å²) in [6.07, 6.45) is 2.55. The van der Waals surface area contributed by atoms with Crippen LogP contribution in [0.5, 0.6) is 0 Å². The van der Waals surface area contributed by atoms with E-state index in [1.807, 2.05) is 0 Å². The molecule has 0 aliphatic heterocycles. The zero-order valence-electron chi connectivity index (χ0n) is 11.5. The monoisotopic (exact) mass is 222 g/mol. The van der Waals surface area contributed by atoms with Crippen LogP contribution in [0, 0.1) is 13.8 Å². The van der Waals surface area contributed by atoms with E-state index in [-0.39, 0.29) is 0 Å². The zero-order chi connectivity index (χ0) is 12.1. The van der Waals surface area contributed by atoms with Gasteiger partial charge in [0.05, 0.1) is 0 Å². The lowest BCUT2D eigenvalue weighted by Gasteiger charge is -2.20. The van der Waals surface area contributed by atoms with E-state index in [4.69, 9.17) is 0 Å². The van der Waals surface area contributed by atoms with Gasteiger partial charge in [0.25, 0.3) is 0 Å². The van der Waals surface area contributed by atoms with Crippen molar-refractivity contribution in [3.63, 3.8) is 0 Å². The Kier molecular flexibility index (Phi) is 5.07. The topological polar surface area (TPSA) is 8.17 Å². The van der Waals surface area contributed by atoms with E-state index in [9.17, 15) is 0 Å². The molecule has 0 bridgehead atoms. The van der Waals surface area contributed by atoms with Crippen LogP contribution in [0.15, 0.2) is 12.1 Å². The maximum Gasteiger partial charge on any atom is 0.0225 e. The molecule has 0 unspecified atom stereocenters. The number of unbranched alkanes of at least 4 members (excludes halogenated alkanes) is 1. The Morgan fingerprint density at radius 1 is 1.12 bits per heavy atom. The lowest BCUT2D eigenvalue weighted by atomic mass is 10.2. The molecule has 0 spiro atoms. The van der Waals surface area contributed by atoms with Gasteiger partial charge in [0.1, 0.15) is 0 Å². The number of aryl methyl sites for hydroxylation is 2. The summed E-state index contributed by atoms with van der Waals surface area (Å²) in [7, 11) is 2.21. The molecule has 1 aromatic heterocycles. The molecule has 0 aliphatic carbocycles. The molecule has 0 saturated carbocycles. The molecule has 0 saturated heterocycles. The molecule has 0 radical (unpaired) electrons. The van der Waals surface area contributed by atoms with Gasteiger partial charge in [0, 0.05) is 24.0 Å². The van der Waals surface area contributed by atoms with Crippen molar-refractivity contribution < 1.29 is 0 Å². The second kappa shape index (κ2) is 6.09. The Morgan fingerprint density at radius 3 is 2.19 bits per heavy atom. The molecule has 0 atom stereocenters. The predicted molar refractivity (Wildman–Crippen MR) is 70.9 cm³/mol. The summed E-state index contributed by atoms with van der Waals surface area (Å²) in [6, 6.07) is 5.07. The number of rotatable bonds is 6. The first kappa shape index (κ1) is 13.3. The van der Waals surface area contributed by atoms with Gasteiger partial charge >= 0.3 is 0 Å². The summed E-state index contributed by atoms with van der Waals surface area (Å²) in [5.74, 6) is 0. The molecule has 0 aromatic carbocycles. The van der Waals surface area contributed by atoms with Gasteiger partial charge in [-0.3, -0.25) is 0 Å². The summed E-state index contributed by atoms with van der Waals surface area (Å²) in [4.78, 5) is 2.41. The van der Waals surface area contributed by atoms with Gasteiger partial charge in [-0.25, -0.2) is 0 Å². The summed E-state index contributed by atoms with van der Waals surface area (Å²) in [5.41, 5.74) is 2.77. The minimum absolute atomic E-state index is 0.662. The molecular formula is C14H26N2. The molecule has 92 valence electrons. The van der Waals surface area contributed by atoms with Gasteiger partial charge in [-0.15, -0.1) is 0 Å². The van der Waals surface area contributed by atoms with Crippen molar-refractivity contribution in [2.75, 3.05) is 13.6 Å². The van der Waals surface area contributed by atoms with Crippen LogP contribution in [0.2, 0.25) is 0 Å².